The van der Waals surface area contributed by atoms with Crippen molar-refractivity contribution in [3.8, 4) is 0 Å². The highest BCUT2D eigenvalue weighted by Crippen LogP contribution is 2.13. The van der Waals surface area contributed by atoms with E-state index in [9.17, 15) is 0 Å². The van der Waals surface area contributed by atoms with E-state index in [4.69, 9.17) is 4.74 Å². The Hall–Kier alpha value is -0.0400. The summed E-state index contributed by atoms with van der Waals surface area (Å²) in [7, 11) is 0. The molecule has 0 N–H and O–H groups in total. The second kappa shape index (κ2) is 7.60. The Kier molecular flexibility index (Phi) is 7.58. The van der Waals surface area contributed by atoms with Gasteiger partial charge in [-0.25, -0.2) is 0 Å². The van der Waals surface area contributed by atoms with Crippen LogP contribution in [0.3, 0.4) is 0 Å². The standard InChI is InChI=1S/C11H24O/c1-5-7-11(12-6-2)9-8-10(3)4/h10-11H,5-9H2,1-4H3. The minimum absolute atomic E-state index is 0.516. The van der Waals surface area contributed by atoms with Gasteiger partial charge in [0.25, 0.3) is 0 Å². The van der Waals surface area contributed by atoms with Crippen LogP contribution in [0.2, 0.25) is 0 Å². The smallest absolute Gasteiger partial charge is 0.0575 e. The summed E-state index contributed by atoms with van der Waals surface area (Å²) in [6, 6.07) is 0. The van der Waals surface area contributed by atoms with Gasteiger partial charge in [-0.05, 0) is 32.1 Å². The van der Waals surface area contributed by atoms with Gasteiger partial charge in [0, 0.05) is 6.61 Å². The molecule has 0 amide bonds. The van der Waals surface area contributed by atoms with E-state index in [0.717, 1.165) is 12.5 Å². The third-order valence-corrected chi connectivity index (χ3v) is 2.08. The van der Waals surface area contributed by atoms with E-state index in [1.54, 1.807) is 0 Å². The van der Waals surface area contributed by atoms with Gasteiger partial charge in [-0.3, -0.25) is 0 Å². The van der Waals surface area contributed by atoms with E-state index in [2.05, 4.69) is 27.7 Å². The van der Waals surface area contributed by atoms with Crippen LogP contribution < -0.4 is 0 Å². The Balaban J connectivity index is 3.48. The highest BCUT2D eigenvalue weighted by atomic mass is 16.5. The van der Waals surface area contributed by atoms with Gasteiger partial charge in [0.15, 0.2) is 0 Å². The maximum atomic E-state index is 5.63. The Bertz CT molecular complexity index is 83.0. The zero-order chi connectivity index (χ0) is 9.40. The molecule has 0 aliphatic carbocycles. The van der Waals surface area contributed by atoms with Crippen molar-refractivity contribution in [3.05, 3.63) is 0 Å². The van der Waals surface area contributed by atoms with Gasteiger partial charge in [0.2, 0.25) is 0 Å². The molecule has 0 aromatic rings. The summed E-state index contributed by atoms with van der Waals surface area (Å²) in [5.41, 5.74) is 0. The van der Waals surface area contributed by atoms with Crippen LogP contribution >= 0.6 is 0 Å². The van der Waals surface area contributed by atoms with E-state index < -0.39 is 0 Å². The molecule has 0 bridgehead atoms. The summed E-state index contributed by atoms with van der Waals surface area (Å²) in [4.78, 5) is 0. The quantitative estimate of drug-likeness (QED) is 0.570. The fraction of sp³-hybridized carbons (Fsp3) is 1.00. The van der Waals surface area contributed by atoms with Crippen LogP contribution in [0.25, 0.3) is 0 Å². The first-order valence-corrected chi connectivity index (χ1v) is 5.32. The molecule has 0 rings (SSSR count). The average molecular weight is 172 g/mol. The first-order valence-electron chi connectivity index (χ1n) is 5.32. The topological polar surface area (TPSA) is 9.23 Å². The van der Waals surface area contributed by atoms with Gasteiger partial charge < -0.3 is 4.74 Å². The van der Waals surface area contributed by atoms with Gasteiger partial charge in [0.05, 0.1) is 6.10 Å². The molecule has 0 aromatic carbocycles. The molecule has 0 aliphatic rings. The maximum absolute atomic E-state index is 5.63. The molecule has 0 aromatic heterocycles. The van der Waals surface area contributed by atoms with Crippen LogP contribution in [-0.2, 0) is 4.74 Å². The average Bonchev–Trinajstić information content (AvgIpc) is 2.01. The van der Waals surface area contributed by atoms with Gasteiger partial charge in [-0.2, -0.15) is 0 Å². The van der Waals surface area contributed by atoms with E-state index in [1.165, 1.54) is 25.7 Å². The van der Waals surface area contributed by atoms with Crippen LogP contribution in [0.1, 0.15) is 53.4 Å². The van der Waals surface area contributed by atoms with E-state index >= 15 is 0 Å². The third-order valence-electron chi connectivity index (χ3n) is 2.08. The highest BCUT2D eigenvalue weighted by Gasteiger charge is 2.07. The first-order chi connectivity index (χ1) is 5.70. The number of ether oxygens (including phenoxy) is 1. The van der Waals surface area contributed by atoms with Crippen LogP contribution in [0.5, 0.6) is 0 Å². The highest BCUT2D eigenvalue weighted by molar-refractivity contribution is 4.58. The Morgan fingerprint density at radius 2 is 1.67 bits per heavy atom. The molecule has 1 nitrogen and oxygen atoms in total. The van der Waals surface area contributed by atoms with Crippen molar-refractivity contribution < 1.29 is 4.74 Å². The molecule has 1 atom stereocenters. The molecular weight excluding hydrogens is 148 g/mol. The lowest BCUT2D eigenvalue weighted by atomic mass is 10.0. The van der Waals surface area contributed by atoms with E-state index in [0.29, 0.717) is 6.10 Å². The summed E-state index contributed by atoms with van der Waals surface area (Å²) >= 11 is 0. The van der Waals surface area contributed by atoms with Gasteiger partial charge in [0.1, 0.15) is 0 Å². The number of rotatable bonds is 7. The molecule has 0 saturated heterocycles. The molecule has 1 heteroatoms. The van der Waals surface area contributed by atoms with E-state index in [-0.39, 0.29) is 0 Å². The lowest BCUT2D eigenvalue weighted by Gasteiger charge is -2.16. The van der Waals surface area contributed by atoms with Crippen molar-refractivity contribution in [1.82, 2.24) is 0 Å². The fourth-order valence-corrected chi connectivity index (χ4v) is 1.39. The molecule has 0 saturated carbocycles. The van der Waals surface area contributed by atoms with Crippen molar-refractivity contribution in [2.24, 2.45) is 5.92 Å². The second-order valence-corrected chi connectivity index (χ2v) is 3.84. The van der Waals surface area contributed by atoms with Crippen LogP contribution in [0.4, 0.5) is 0 Å². The Labute approximate surface area is 77.5 Å². The van der Waals surface area contributed by atoms with Crippen molar-refractivity contribution in [2.75, 3.05) is 6.61 Å². The van der Waals surface area contributed by atoms with E-state index in [1.807, 2.05) is 0 Å². The Morgan fingerprint density at radius 1 is 1.00 bits per heavy atom. The van der Waals surface area contributed by atoms with Gasteiger partial charge in [-0.1, -0.05) is 27.2 Å². The fourth-order valence-electron chi connectivity index (χ4n) is 1.39. The Morgan fingerprint density at radius 3 is 2.08 bits per heavy atom. The number of hydrogen-bond donors (Lipinski definition) is 0. The minimum atomic E-state index is 0.516. The largest absolute Gasteiger partial charge is 0.379 e. The van der Waals surface area contributed by atoms with Crippen molar-refractivity contribution >= 4 is 0 Å². The SMILES string of the molecule is CCCC(CCC(C)C)OCC. The molecule has 12 heavy (non-hydrogen) atoms. The predicted octanol–water partition coefficient (Wildman–Crippen LogP) is 3.63. The summed E-state index contributed by atoms with van der Waals surface area (Å²) in [5.74, 6) is 0.810. The lowest BCUT2D eigenvalue weighted by molar-refractivity contribution is 0.0465. The molecule has 0 aliphatic heterocycles. The second-order valence-electron chi connectivity index (χ2n) is 3.84. The zero-order valence-corrected chi connectivity index (χ0v) is 9.10. The maximum Gasteiger partial charge on any atom is 0.0575 e. The zero-order valence-electron chi connectivity index (χ0n) is 9.10. The summed E-state index contributed by atoms with van der Waals surface area (Å²) < 4.78 is 5.63. The molecule has 1 unspecified atom stereocenters. The summed E-state index contributed by atoms with van der Waals surface area (Å²) in [5, 5.41) is 0. The molecule has 0 radical (unpaired) electrons. The van der Waals surface area contributed by atoms with Crippen molar-refractivity contribution in [2.45, 2.75) is 59.5 Å². The number of hydrogen-bond acceptors (Lipinski definition) is 1. The molecule has 0 heterocycles. The molecule has 0 spiro atoms. The van der Waals surface area contributed by atoms with Gasteiger partial charge in [-0.15, -0.1) is 0 Å². The third kappa shape index (κ3) is 6.66. The van der Waals surface area contributed by atoms with Crippen LogP contribution in [-0.4, -0.2) is 12.7 Å². The molecule has 74 valence electrons. The summed E-state index contributed by atoms with van der Waals surface area (Å²) in [6.07, 6.45) is 5.51. The monoisotopic (exact) mass is 172 g/mol. The lowest BCUT2D eigenvalue weighted by Crippen LogP contribution is -2.13. The minimum Gasteiger partial charge on any atom is -0.379 e. The molecular formula is C11H24O. The van der Waals surface area contributed by atoms with Crippen molar-refractivity contribution in [3.63, 3.8) is 0 Å². The van der Waals surface area contributed by atoms with Crippen molar-refractivity contribution in [1.29, 1.82) is 0 Å². The first kappa shape index (κ1) is 12.0. The van der Waals surface area contributed by atoms with Crippen LogP contribution in [0.15, 0.2) is 0 Å². The molecule has 0 fully saturated rings. The predicted molar refractivity (Wildman–Crippen MR) is 54.4 cm³/mol. The van der Waals surface area contributed by atoms with Gasteiger partial charge >= 0.3 is 0 Å². The normalized spacial score (nSPS) is 13.8. The van der Waals surface area contributed by atoms with Crippen LogP contribution in [0, 0.1) is 5.92 Å². The summed E-state index contributed by atoms with van der Waals surface area (Å²) in [6.45, 7) is 9.71.